The highest BCUT2D eigenvalue weighted by molar-refractivity contribution is 7.99. The molecule has 3 heteroatoms. The van der Waals surface area contributed by atoms with Crippen LogP contribution in [-0.4, -0.2) is 12.3 Å². The second kappa shape index (κ2) is 3.58. The van der Waals surface area contributed by atoms with Gasteiger partial charge in [-0.05, 0) is 30.4 Å². The molecule has 0 bridgehead atoms. The maximum atomic E-state index is 5.89. The fraction of sp³-hybridized carbons (Fsp3) is 0.333. The molecule has 0 amide bonds. The summed E-state index contributed by atoms with van der Waals surface area (Å²) in [5, 5.41) is 4.20. The molecule has 0 aliphatic carbocycles. The normalized spacial score (nSPS) is 16.1. The van der Waals surface area contributed by atoms with E-state index in [4.69, 9.17) is 11.6 Å². The third-order valence-electron chi connectivity index (χ3n) is 1.84. The predicted octanol–water partition coefficient (Wildman–Crippen LogP) is 3.25. The summed E-state index contributed by atoms with van der Waals surface area (Å²) in [6.45, 7) is 1.07. The minimum absolute atomic E-state index is 0.824. The Kier molecular flexibility index (Phi) is 2.47. The van der Waals surface area contributed by atoms with Gasteiger partial charge in [0, 0.05) is 22.2 Å². The van der Waals surface area contributed by atoms with Gasteiger partial charge in [-0.1, -0.05) is 11.6 Å². The fourth-order valence-corrected chi connectivity index (χ4v) is 2.49. The summed E-state index contributed by atoms with van der Waals surface area (Å²) in [6, 6.07) is 6.01. The lowest BCUT2D eigenvalue weighted by molar-refractivity contribution is 0.999. The molecule has 0 saturated heterocycles. The zero-order chi connectivity index (χ0) is 8.39. The lowest BCUT2D eigenvalue weighted by Crippen LogP contribution is -1.99. The van der Waals surface area contributed by atoms with Crippen LogP contribution in [-0.2, 0) is 0 Å². The third kappa shape index (κ3) is 1.70. The van der Waals surface area contributed by atoms with Crippen LogP contribution in [0.5, 0.6) is 0 Å². The SMILES string of the molecule is Clc1ccc2c(c1)SCCCN2. The van der Waals surface area contributed by atoms with Gasteiger partial charge in [0.25, 0.3) is 0 Å². The molecule has 1 aromatic rings. The van der Waals surface area contributed by atoms with Crippen LogP contribution in [0, 0.1) is 0 Å². The Labute approximate surface area is 81.5 Å². The number of hydrogen-bond acceptors (Lipinski definition) is 2. The largest absolute Gasteiger partial charge is 0.384 e. The molecule has 1 aliphatic rings. The van der Waals surface area contributed by atoms with Crippen molar-refractivity contribution in [3.8, 4) is 0 Å². The lowest BCUT2D eigenvalue weighted by Gasteiger charge is -2.05. The van der Waals surface area contributed by atoms with Crippen LogP contribution in [0.15, 0.2) is 23.1 Å². The van der Waals surface area contributed by atoms with Crippen LogP contribution in [0.1, 0.15) is 6.42 Å². The van der Waals surface area contributed by atoms with Crippen molar-refractivity contribution in [3.63, 3.8) is 0 Å². The number of hydrogen-bond donors (Lipinski definition) is 1. The number of anilines is 1. The van der Waals surface area contributed by atoms with Crippen molar-refractivity contribution in [1.82, 2.24) is 0 Å². The Morgan fingerprint density at radius 1 is 1.42 bits per heavy atom. The van der Waals surface area contributed by atoms with Gasteiger partial charge in [0.05, 0.1) is 0 Å². The summed E-state index contributed by atoms with van der Waals surface area (Å²) in [7, 11) is 0. The van der Waals surface area contributed by atoms with Crippen LogP contribution in [0.4, 0.5) is 5.69 Å². The first-order valence-corrected chi connectivity index (χ1v) is 5.39. The summed E-state index contributed by atoms with van der Waals surface area (Å²) in [4.78, 5) is 1.28. The maximum absolute atomic E-state index is 5.89. The molecule has 0 atom stereocenters. The Bertz CT molecular complexity index is 288. The molecule has 1 N–H and O–H groups in total. The monoisotopic (exact) mass is 199 g/mol. The van der Waals surface area contributed by atoms with E-state index in [2.05, 4.69) is 11.4 Å². The molecule has 1 heterocycles. The molecule has 0 unspecified atom stereocenters. The smallest absolute Gasteiger partial charge is 0.0479 e. The minimum Gasteiger partial charge on any atom is -0.384 e. The van der Waals surface area contributed by atoms with E-state index in [0.29, 0.717) is 0 Å². The van der Waals surface area contributed by atoms with Crippen LogP contribution in [0.2, 0.25) is 5.02 Å². The van der Waals surface area contributed by atoms with Crippen LogP contribution in [0.3, 0.4) is 0 Å². The number of halogens is 1. The molecule has 0 radical (unpaired) electrons. The van der Waals surface area contributed by atoms with Crippen molar-refractivity contribution in [2.24, 2.45) is 0 Å². The van der Waals surface area contributed by atoms with Crippen molar-refractivity contribution in [3.05, 3.63) is 23.2 Å². The van der Waals surface area contributed by atoms with E-state index in [9.17, 15) is 0 Å². The summed E-state index contributed by atoms with van der Waals surface area (Å²) in [5.41, 5.74) is 1.22. The molecule has 1 aromatic carbocycles. The quantitative estimate of drug-likeness (QED) is 0.689. The maximum Gasteiger partial charge on any atom is 0.0479 e. The molecule has 2 rings (SSSR count). The van der Waals surface area contributed by atoms with E-state index in [0.717, 1.165) is 11.6 Å². The third-order valence-corrected chi connectivity index (χ3v) is 3.21. The minimum atomic E-state index is 0.824. The zero-order valence-corrected chi connectivity index (χ0v) is 8.21. The average Bonchev–Trinajstić information content (AvgIpc) is 2.28. The van der Waals surface area contributed by atoms with E-state index in [1.807, 2.05) is 23.9 Å². The van der Waals surface area contributed by atoms with Crippen molar-refractivity contribution >= 4 is 29.1 Å². The molecule has 0 spiro atoms. The molecular formula is C9H10ClNS. The van der Waals surface area contributed by atoms with Crippen LogP contribution < -0.4 is 5.32 Å². The van der Waals surface area contributed by atoms with Crippen molar-refractivity contribution < 1.29 is 0 Å². The van der Waals surface area contributed by atoms with Gasteiger partial charge < -0.3 is 5.32 Å². The first kappa shape index (κ1) is 8.27. The lowest BCUT2D eigenvalue weighted by atomic mass is 10.3. The van der Waals surface area contributed by atoms with Gasteiger partial charge in [0.2, 0.25) is 0 Å². The average molecular weight is 200 g/mol. The molecule has 64 valence electrons. The summed E-state index contributed by atoms with van der Waals surface area (Å²) in [6.07, 6.45) is 1.22. The van der Waals surface area contributed by atoms with Crippen molar-refractivity contribution in [1.29, 1.82) is 0 Å². The second-order valence-corrected chi connectivity index (χ2v) is 4.34. The highest BCUT2D eigenvalue weighted by Gasteiger charge is 2.06. The topological polar surface area (TPSA) is 12.0 Å². The number of fused-ring (bicyclic) bond motifs is 1. The van der Waals surface area contributed by atoms with E-state index in [1.165, 1.54) is 22.8 Å². The van der Waals surface area contributed by atoms with E-state index >= 15 is 0 Å². The van der Waals surface area contributed by atoms with Crippen molar-refractivity contribution in [2.45, 2.75) is 11.3 Å². The second-order valence-electron chi connectivity index (χ2n) is 2.77. The van der Waals surface area contributed by atoms with Gasteiger partial charge in [-0.25, -0.2) is 0 Å². The van der Waals surface area contributed by atoms with Crippen LogP contribution >= 0.6 is 23.4 Å². The molecule has 12 heavy (non-hydrogen) atoms. The van der Waals surface area contributed by atoms with Crippen molar-refractivity contribution in [2.75, 3.05) is 17.6 Å². The Morgan fingerprint density at radius 3 is 3.25 bits per heavy atom. The van der Waals surface area contributed by atoms with Gasteiger partial charge in [0.15, 0.2) is 0 Å². The highest BCUT2D eigenvalue weighted by atomic mass is 35.5. The highest BCUT2D eigenvalue weighted by Crippen LogP contribution is 2.32. The molecular weight excluding hydrogens is 190 g/mol. The zero-order valence-electron chi connectivity index (χ0n) is 6.64. The summed E-state index contributed by atoms with van der Waals surface area (Å²) >= 11 is 7.77. The number of thioether (sulfide) groups is 1. The molecule has 0 saturated carbocycles. The molecule has 0 aromatic heterocycles. The van der Waals surface area contributed by atoms with Crippen LogP contribution in [0.25, 0.3) is 0 Å². The molecule has 0 fully saturated rings. The number of nitrogens with one attached hydrogen (secondary N) is 1. The van der Waals surface area contributed by atoms with Gasteiger partial charge in [-0.15, -0.1) is 11.8 Å². The fourth-order valence-electron chi connectivity index (χ4n) is 1.24. The van der Waals surface area contributed by atoms with E-state index < -0.39 is 0 Å². The Balaban J connectivity index is 2.36. The van der Waals surface area contributed by atoms with Gasteiger partial charge >= 0.3 is 0 Å². The Morgan fingerprint density at radius 2 is 2.33 bits per heavy atom. The number of rotatable bonds is 0. The standard InChI is InChI=1S/C9H10ClNS/c10-7-2-3-8-9(6-7)12-5-1-4-11-8/h2-3,6,11H,1,4-5H2. The van der Waals surface area contributed by atoms with E-state index in [1.54, 1.807) is 0 Å². The molecule has 1 nitrogen and oxygen atoms in total. The van der Waals surface area contributed by atoms with Gasteiger partial charge in [-0.3, -0.25) is 0 Å². The Hall–Kier alpha value is -0.340. The summed E-state index contributed by atoms with van der Waals surface area (Å²) < 4.78 is 0. The molecule has 1 aliphatic heterocycles. The first-order chi connectivity index (χ1) is 5.86. The van der Waals surface area contributed by atoms with Gasteiger partial charge in [0.1, 0.15) is 0 Å². The van der Waals surface area contributed by atoms with E-state index in [-0.39, 0.29) is 0 Å². The van der Waals surface area contributed by atoms with Gasteiger partial charge in [-0.2, -0.15) is 0 Å². The number of benzene rings is 1. The first-order valence-electron chi connectivity index (χ1n) is 4.02. The predicted molar refractivity (Wildman–Crippen MR) is 55.3 cm³/mol. The summed E-state index contributed by atoms with van der Waals surface area (Å²) in [5.74, 6) is 1.18.